The van der Waals surface area contributed by atoms with Crippen LogP contribution in [0.3, 0.4) is 0 Å². The van der Waals surface area contributed by atoms with Crippen LogP contribution in [0.4, 0.5) is 10.2 Å². The third kappa shape index (κ3) is 3.50. The molecule has 1 aliphatic rings. The van der Waals surface area contributed by atoms with Gasteiger partial charge in [0.1, 0.15) is 11.6 Å². The number of nitrogens with zero attached hydrogens (tertiary/aromatic N) is 1. The Morgan fingerprint density at radius 3 is 2.93 bits per heavy atom. The number of nitrogens with two attached hydrogens (primary N) is 1. The number of carbonyl (C=O) groups excluding carboxylic acids is 1. The van der Waals surface area contributed by atoms with E-state index in [1.54, 1.807) is 12.3 Å². The minimum atomic E-state index is -0.260. The predicted molar refractivity (Wildman–Crippen MR) is 111 cm³/mol. The number of nitrogens with one attached hydrogen (secondary N) is 1. The molecule has 4 rings (SSSR count). The van der Waals surface area contributed by atoms with E-state index < -0.39 is 0 Å². The van der Waals surface area contributed by atoms with Crippen LogP contribution in [0.5, 0.6) is 0 Å². The fraction of sp³-hybridized carbons (Fsp3) is 0.304. The van der Waals surface area contributed by atoms with Crippen LogP contribution < -0.4 is 11.1 Å². The SMILES string of the molecule is Cc1cccc(F)c1-c1ccc2c(C(=O)CC[C@@H]3CCNC3)c(N)ncc2c1. The molecule has 1 atom stereocenters. The molecule has 1 fully saturated rings. The summed E-state index contributed by atoms with van der Waals surface area (Å²) < 4.78 is 14.4. The summed E-state index contributed by atoms with van der Waals surface area (Å²) in [5, 5.41) is 4.90. The van der Waals surface area contributed by atoms with Crippen molar-refractivity contribution in [2.75, 3.05) is 18.8 Å². The molecule has 1 saturated heterocycles. The average molecular weight is 377 g/mol. The Morgan fingerprint density at radius 1 is 1.32 bits per heavy atom. The van der Waals surface area contributed by atoms with Crippen molar-refractivity contribution < 1.29 is 9.18 Å². The van der Waals surface area contributed by atoms with Gasteiger partial charge in [0.25, 0.3) is 0 Å². The van der Waals surface area contributed by atoms with Gasteiger partial charge in [-0.25, -0.2) is 9.37 Å². The van der Waals surface area contributed by atoms with Gasteiger partial charge in [0.2, 0.25) is 0 Å². The zero-order valence-electron chi connectivity index (χ0n) is 16.0. The van der Waals surface area contributed by atoms with E-state index in [1.807, 2.05) is 31.2 Å². The first kappa shape index (κ1) is 18.6. The number of hydrogen-bond acceptors (Lipinski definition) is 4. The maximum absolute atomic E-state index is 14.4. The second-order valence-corrected chi connectivity index (χ2v) is 7.57. The monoisotopic (exact) mass is 377 g/mol. The van der Waals surface area contributed by atoms with Crippen LogP contribution in [0, 0.1) is 18.7 Å². The minimum absolute atomic E-state index is 0.0253. The van der Waals surface area contributed by atoms with Crippen LogP contribution in [0.1, 0.15) is 35.2 Å². The topological polar surface area (TPSA) is 68.0 Å². The van der Waals surface area contributed by atoms with Crippen molar-refractivity contribution in [3.63, 3.8) is 0 Å². The number of carbonyl (C=O) groups is 1. The van der Waals surface area contributed by atoms with Crippen LogP contribution in [0.15, 0.2) is 42.6 Å². The van der Waals surface area contributed by atoms with Gasteiger partial charge in [-0.1, -0.05) is 24.3 Å². The lowest BCUT2D eigenvalue weighted by Crippen LogP contribution is -2.12. The van der Waals surface area contributed by atoms with Gasteiger partial charge in [0.05, 0.1) is 5.56 Å². The van der Waals surface area contributed by atoms with E-state index in [-0.39, 0.29) is 17.4 Å². The largest absolute Gasteiger partial charge is 0.383 e. The summed E-state index contributed by atoms with van der Waals surface area (Å²) in [4.78, 5) is 17.1. The fourth-order valence-corrected chi connectivity index (χ4v) is 4.11. The second kappa shape index (κ2) is 7.68. The van der Waals surface area contributed by atoms with Crippen molar-refractivity contribution >= 4 is 22.4 Å². The molecule has 0 spiro atoms. The molecule has 0 bridgehead atoms. The number of halogens is 1. The summed E-state index contributed by atoms with van der Waals surface area (Å²) >= 11 is 0. The number of hydrogen-bond donors (Lipinski definition) is 2. The lowest BCUT2D eigenvalue weighted by molar-refractivity contribution is 0.0977. The molecule has 1 aliphatic heterocycles. The number of anilines is 1. The summed E-state index contributed by atoms with van der Waals surface area (Å²) in [7, 11) is 0. The number of aromatic nitrogens is 1. The Labute approximate surface area is 164 Å². The van der Waals surface area contributed by atoms with Crippen LogP contribution in [0.2, 0.25) is 0 Å². The Kier molecular flexibility index (Phi) is 5.09. The number of ketones is 1. The molecule has 0 saturated carbocycles. The highest BCUT2D eigenvalue weighted by atomic mass is 19.1. The van der Waals surface area contributed by atoms with Crippen molar-refractivity contribution in [3.05, 3.63) is 59.5 Å². The Morgan fingerprint density at radius 2 is 2.18 bits per heavy atom. The number of pyridine rings is 1. The Hall–Kier alpha value is -2.79. The number of aryl methyl sites for hydroxylation is 1. The van der Waals surface area contributed by atoms with Gasteiger partial charge in [-0.15, -0.1) is 0 Å². The Balaban J connectivity index is 1.70. The van der Waals surface area contributed by atoms with Crippen LogP contribution in [-0.4, -0.2) is 23.9 Å². The fourth-order valence-electron chi connectivity index (χ4n) is 4.11. The van der Waals surface area contributed by atoms with Gasteiger partial charge in [0.15, 0.2) is 5.78 Å². The number of fused-ring (bicyclic) bond motifs is 1. The van der Waals surface area contributed by atoms with E-state index in [4.69, 9.17) is 5.73 Å². The minimum Gasteiger partial charge on any atom is -0.383 e. The number of nitrogen functional groups attached to an aromatic ring is 1. The molecule has 2 heterocycles. The lowest BCUT2D eigenvalue weighted by Gasteiger charge is -2.13. The predicted octanol–water partition coefficient (Wildman–Crippen LogP) is 4.50. The molecule has 3 aromatic rings. The van der Waals surface area contributed by atoms with Crippen molar-refractivity contribution in [1.29, 1.82) is 0 Å². The van der Waals surface area contributed by atoms with Crippen LogP contribution in [-0.2, 0) is 0 Å². The molecule has 0 unspecified atom stereocenters. The Bertz CT molecular complexity index is 1020. The smallest absolute Gasteiger partial charge is 0.167 e. The molecule has 1 aromatic heterocycles. The zero-order valence-corrected chi connectivity index (χ0v) is 16.0. The molecule has 2 aromatic carbocycles. The van der Waals surface area contributed by atoms with E-state index in [0.717, 1.165) is 47.8 Å². The summed E-state index contributed by atoms with van der Waals surface area (Å²) in [6.07, 6.45) is 4.09. The highest BCUT2D eigenvalue weighted by Crippen LogP contribution is 2.32. The van der Waals surface area contributed by atoms with E-state index >= 15 is 0 Å². The van der Waals surface area contributed by atoms with Crippen molar-refractivity contribution in [1.82, 2.24) is 10.3 Å². The van der Waals surface area contributed by atoms with E-state index in [9.17, 15) is 9.18 Å². The normalized spacial score (nSPS) is 16.6. The highest BCUT2D eigenvalue weighted by molar-refractivity contribution is 6.11. The molecule has 0 amide bonds. The maximum Gasteiger partial charge on any atom is 0.167 e. The first-order valence-corrected chi connectivity index (χ1v) is 9.72. The van der Waals surface area contributed by atoms with Crippen molar-refractivity contribution in [2.24, 2.45) is 5.92 Å². The van der Waals surface area contributed by atoms with E-state index in [1.165, 1.54) is 6.07 Å². The first-order valence-electron chi connectivity index (χ1n) is 9.72. The molecule has 0 aliphatic carbocycles. The first-order chi connectivity index (χ1) is 13.5. The number of benzene rings is 2. The maximum atomic E-state index is 14.4. The zero-order chi connectivity index (χ0) is 19.7. The van der Waals surface area contributed by atoms with E-state index in [2.05, 4.69) is 10.3 Å². The van der Waals surface area contributed by atoms with E-state index in [0.29, 0.717) is 23.5 Å². The quantitative estimate of drug-likeness (QED) is 0.642. The van der Waals surface area contributed by atoms with Crippen LogP contribution >= 0.6 is 0 Å². The van der Waals surface area contributed by atoms with Gasteiger partial charge in [-0.3, -0.25) is 4.79 Å². The molecule has 5 heteroatoms. The molecule has 3 N–H and O–H groups in total. The lowest BCUT2D eigenvalue weighted by atomic mass is 9.93. The summed E-state index contributed by atoms with van der Waals surface area (Å²) in [5.41, 5.74) is 8.76. The second-order valence-electron chi connectivity index (χ2n) is 7.57. The third-order valence-electron chi connectivity index (χ3n) is 5.65. The van der Waals surface area contributed by atoms with Gasteiger partial charge in [-0.2, -0.15) is 0 Å². The third-order valence-corrected chi connectivity index (χ3v) is 5.65. The standard InChI is InChI=1S/C23H24FN3O/c1-14-3-2-4-19(24)21(14)16-6-7-18-17(11-16)13-27-23(25)22(18)20(28)8-5-15-9-10-26-12-15/h2-4,6-7,11,13,15,26H,5,8-10,12H2,1H3,(H2,25,27)/t15-/m1/s1. The number of Topliss-reactive ketones (excluding diaryl/α,β-unsaturated/α-hetero) is 1. The molecule has 144 valence electrons. The summed E-state index contributed by atoms with van der Waals surface area (Å²) in [5.74, 6) is 0.571. The van der Waals surface area contributed by atoms with Crippen molar-refractivity contribution in [3.8, 4) is 11.1 Å². The summed E-state index contributed by atoms with van der Waals surface area (Å²) in [6, 6.07) is 10.6. The molecule has 0 radical (unpaired) electrons. The van der Waals surface area contributed by atoms with Crippen LogP contribution in [0.25, 0.3) is 21.9 Å². The summed E-state index contributed by atoms with van der Waals surface area (Å²) in [6.45, 7) is 3.88. The average Bonchev–Trinajstić information content (AvgIpc) is 3.19. The van der Waals surface area contributed by atoms with Gasteiger partial charge in [-0.05, 0) is 67.4 Å². The highest BCUT2D eigenvalue weighted by Gasteiger charge is 2.20. The molecular weight excluding hydrogens is 353 g/mol. The van der Waals surface area contributed by atoms with Gasteiger partial charge in [0, 0.05) is 23.6 Å². The van der Waals surface area contributed by atoms with Gasteiger partial charge >= 0.3 is 0 Å². The molecular formula is C23H24FN3O. The molecule has 4 nitrogen and oxygen atoms in total. The van der Waals surface area contributed by atoms with Gasteiger partial charge < -0.3 is 11.1 Å². The molecule has 28 heavy (non-hydrogen) atoms. The number of rotatable bonds is 5. The van der Waals surface area contributed by atoms with Crippen molar-refractivity contribution in [2.45, 2.75) is 26.2 Å².